The zero-order valence-electron chi connectivity index (χ0n) is 18.5. The first-order chi connectivity index (χ1) is 15.7. The molecule has 0 unspecified atom stereocenters. The van der Waals surface area contributed by atoms with Crippen LogP contribution in [0.3, 0.4) is 0 Å². The summed E-state index contributed by atoms with van der Waals surface area (Å²) in [6.45, 7) is 6.45. The van der Waals surface area contributed by atoms with Crippen LogP contribution in [0.25, 0.3) is 10.2 Å². The van der Waals surface area contributed by atoms with Gasteiger partial charge in [-0.15, -0.1) is 11.3 Å². The quantitative estimate of drug-likeness (QED) is 0.203. The van der Waals surface area contributed by atoms with Gasteiger partial charge in [0.2, 0.25) is 0 Å². The van der Waals surface area contributed by atoms with Gasteiger partial charge >= 0.3 is 0 Å². The van der Waals surface area contributed by atoms with E-state index in [2.05, 4.69) is 47.0 Å². The highest BCUT2D eigenvalue weighted by atomic mass is 79.9. The number of benzene rings is 3. The second kappa shape index (κ2) is 9.79. The molecule has 4 rings (SSSR count). The summed E-state index contributed by atoms with van der Waals surface area (Å²) in [5, 5.41) is 2.97. The highest BCUT2D eigenvalue weighted by molar-refractivity contribution is 9.10. The number of amides is 1. The monoisotopic (exact) mass is 538 g/mol. The molecule has 168 valence electrons. The molecular formula is C26H23BrN2O2S2. The number of halogens is 1. The molecule has 4 nitrogen and oxygen atoms in total. The van der Waals surface area contributed by atoms with Crippen LogP contribution in [-0.2, 0) is 5.41 Å². The Morgan fingerprint density at radius 1 is 0.970 bits per heavy atom. The Morgan fingerprint density at radius 2 is 1.64 bits per heavy atom. The molecule has 1 aromatic heterocycles. The third-order valence-electron chi connectivity index (χ3n) is 5.13. The molecule has 0 atom stereocenters. The number of rotatable bonds is 6. The molecule has 33 heavy (non-hydrogen) atoms. The summed E-state index contributed by atoms with van der Waals surface area (Å²) in [4.78, 5) is 29.7. The number of carbonyl (C=O) groups is 2. The first kappa shape index (κ1) is 23.7. The zero-order valence-corrected chi connectivity index (χ0v) is 21.7. The third kappa shape index (κ3) is 5.91. The summed E-state index contributed by atoms with van der Waals surface area (Å²) in [5.41, 5.74) is 4.12. The molecule has 0 radical (unpaired) electrons. The van der Waals surface area contributed by atoms with Crippen LogP contribution in [0.4, 0.5) is 5.69 Å². The lowest BCUT2D eigenvalue weighted by atomic mass is 9.87. The van der Waals surface area contributed by atoms with E-state index in [4.69, 9.17) is 0 Å². The number of anilines is 1. The Morgan fingerprint density at radius 3 is 2.30 bits per heavy atom. The minimum atomic E-state index is -0.144. The number of nitrogens with one attached hydrogen (secondary N) is 1. The molecule has 0 aliphatic carbocycles. The van der Waals surface area contributed by atoms with Crippen molar-refractivity contribution in [2.24, 2.45) is 0 Å². The van der Waals surface area contributed by atoms with Crippen molar-refractivity contribution in [2.45, 2.75) is 30.5 Å². The summed E-state index contributed by atoms with van der Waals surface area (Å²) in [5.74, 6) is 0.251. The van der Waals surface area contributed by atoms with Gasteiger partial charge in [-0.2, -0.15) is 0 Å². The summed E-state index contributed by atoms with van der Waals surface area (Å²) in [6.07, 6.45) is 0. The Bertz CT molecular complexity index is 1310. The first-order valence-electron chi connectivity index (χ1n) is 10.4. The Balaban J connectivity index is 1.41. The molecule has 0 aliphatic rings. The second-order valence-electron chi connectivity index (χ2n) is 8.66. The fourth-order valence-electron chi connectivity index (χ4n) is 3.21. The van der Waals surface area contributed by atoms with Crippen LogP contribution in [0.1, 0.15) is 47.1 Å². The molecule has 1 heterocycles. The second-order valence-corrected chi connectivity index (χ2v) is 11.8. The number of hydrogen-bond donors (Lipinski definition) is 1. The van der Waals surface area contributed by atoms with E-state index in [0.29, 0.717) is 16.9 Å². The van der Waals surface area contributed by atoms with Crippen molar-refractivity contribution in [3.63, 3.8) is 0 Å². The summed E-state index contributed by atoms with van der Waals surface area (Å²) >= 11 is 6.33. The van der Waals surface area contributed by atoms with Crippen LogP contribution in [0, 0.1) is 0 Å². The van der Waals surface area contributed by atoms with Crippen LogP contribution in [0.5, 0.6) is 0 Å². The smallest absolute Gasteiger partial charge is 0.255 e. The highest BCUT2D eigenvalue weighted by Crippen LogP contribution is 2.32. The third-order valence-corrected chi connectivity index (χ3v) is 7.82. The highest BCUT2D eigenvalue weighted by Gasteiger charge is 2.15. The molecule has 0 saturated heterocycles. The number of thioether (sulfide) groups is 1. The SMILES string of the molecule is CC(C)(C)c1ccc(C(=O)Nc2ccc3nc(SCC(=O)c4ccc(Br)cc4)sc3c2)cc1. The van der Waals surface area contributed by atoms with Gasteiger partial charge in [-0.25, -0.2) is 4.98 Å². The van der Waals surface area contributed by atoms with E-state index in [1.807, 2.05) is 66.7 Å². The van der Waals surface area contributed by atoms with E-state index in [9.17, 15) is 9.59 Å². The van der Waals surface area contributed by atoms with E-state index in [1.54, 1.807) is 0 Å². The summed E-state index contributed by atoms with van der Waals surface area (Å²) < 4.78 is 2.74. The first-order valence-corrected chi connectivity index (χ1v) is 13.0. The minimum Gasteiger partial charge on any atom is -0.322 e. The lowest BCUT2D eigenvalue weighted by Gasteiger charge is -2.19. The van der Waals surface area contributed by atoms with E-state index in [-0.39, 0.29) is 17.1 Å². The van der Waals surface area contributed by atoms with Gasteiger partial charge in [-0.3, -0.25) is 9.59 Å². The van der Waals surface area contributed by atoms with Gasteiger partial charge in [0.25, 0.3) is 5.91 Å². The molecule has 1 amide bonds. The molecule has 0 fully saturated rings. The van der Waals surface area contributed by atoms with E-state index in [0.717, 1.165) is 24.7 Å². The Labute approximate surface area is 210 Å². The number of ketones is 1. The van der Waals surface area contributed by atoms with Crippen molar-refractivity contribution in [3.8, 4) is 0 Å². The average molecular weight is 540 g/mol. The fourth-order valence-corrected chi connectivity index (χ4v) is 5.48. The lowest BCUT2D eigenvalue weighted by Crippen LogP contribution is -2.14. The Hall–Kier alpha value is -2.48. The maximum atomic E-state index is 12.7. The normalized spacial score (nSPS) is 11.5. The zero-order chi connectivity index (χ0) is 23.6. The van der Waals surface area contributed by atoms with Gasteiger partial charge in [0.15, 0.2) is 10.1 Å². The Kier molecular flexibility index (Phi) is 7.02. The van der Waals surface area contributed by atoms with Crippen molar-refractivity contribution < 1.29 is 9.59 Å². The lowest BCUT2D eigenvalue weighted by molar-refractivity contribution is 0.101. The number of hydrogen-bond acceptors (Lipinski definition) is 5. The number of thiazole rings is 1. The van der Waals surface area contributed by atoms with Gasteiger partial charge in [0, 0.05) is 21.3 Å². The van der Waals surface area contributed by atoms with Crippen molar-refractivity contribution in [1.29, 1.82) is 0 Å². The van der Waals surface area contributed by atoms with Crippen molar-refractivity contribution >= 4 is 66.6 Å². The average Bonchev–Trinajstić information content (AvgIpc) is 3.19. The molecule has 3 aromatic carbocycles. The van der Waals surface area contributed by atoms with Crippen molar-refractivity contribution in [3.05, 3.63) is 87.9 Å². The summed E-state index contributed by atoms with van der Waals surface area (Å²) in [7, 11) is 0. The standard InChI is InChI=1S/C26H23BrN2O2S2/c1-26(2,3)18-8-4-17(5-9-18)24(31)28-20-12-13-21-23(14-20)33-25(29-21)32-15-22(30)16-6-10-19(27)11-7-16/h4-14H,15H2,1-3H3,(H,28,31). The van der Waals surface area contributed by atoms with E-state index in [1.165, 1.54) is 28.7 Å². The maximum Gasteiger partial charge on any atom is 0.255 e. The molecule has 4 aromatic rings. The van der Waals surface area contributed by atoms with Gasteiger partial charge in [0.1, 0.15) is 0 Å². The van der Waals surface area contributed by atoms with Gasteiger partial charge in [-0.1, -0.05) is 72.7 Å². The molecule has 7 heteroatoms. The number of fused-ring (bicyclic) bond motifs is 1. The molecule has 0 aliphatic heterocycles. The van der Waals surface area contributed by atoms with Crippen LogP contribution in [0.15, 0.2) is 75.5 Å². The van der Waals surface area contributed by atoms with E-state index < -0.39 is 0 Å². The maximum absolute atomic E-state index is 12.7. The number of Topliss-reactive ketones (excluding diaryl/α,β-unsaturated/α-hetero) is 1. The van der Waals surface area contributed by atoms with Gasteiger partial charge in [-0.05, 0) is 53.4 Å². The number of carbonyl (C=O) groups excluding carboxylic acids is 2. The predicted molar refractivity (Wildman–Crippen MR) is 142 cm³/mol. The van der Waals surface area contributed by atoms with Gasteiger partial charge < -0.3 is 5.32 Å². The van der Waals surface area contributed by atoms with Crippen LogP contribution < -0.4 is 5.32 Å². The van der Waals surface area contributed by atoms with Gasteiger partial charge in [0.05, 0.1) is 16.0 Å². The molecule has 0 spiro atoms. The number of aromatic nitrogens is 1. The minimum absolute atomic E-state index is 0.0464. The summed E-state index contributed by atoms with van der Waals surface area (Å²) in [6, 6.07) is 20.8. The molecule has 1 N–H and O–H groups in total. The van der Waals surface area contributed by atoms with Crippen molar-refractivity contribution in [2.75, 3.05) is 11.1 Å². The fraction of sp³-hybridized carbons (Fsp3) is 0.192. The predicted octanol–water partition coefficient (Wildman–Crippen LogP) is 7.58. The molecule has 0 saturated carbocycles. The van der Waals surface area contributed by atoms with Crippen LogP contribution in [-0.4, -0.2) is 22.4 Å². The topological polar surface area (TPSA) is 59.1 Å². The van der Waals surface area contributed by atoms with E-state index >= 15 is 0 Å². The molecule has 0 bridgehead atoms. The van der Waals surface area contributed by atoms with Crippen LogP contribution in [0.2, 0.25) is 0 Å². The van der Waals surface area contributed by atoms with Crippen LogP contribution >= 0.6 is 39.0 Å². The largest absolute Gasteiger partial charge is 0.322 e. The van der Waals surface area contributed by atoms with Crippen molar-refractivity contribution in [1.82, 2.24) is 4.98 Å². The number of nitrogens with zero attached hydrogens (tertiary/aromatic N) is 1. The molecular weight excluding hydrogens is 516 g/mol.